The quantitative estimate of drug-likeness (QED) is 0.116. The van der Waals surface area contributed by atoms with E-state index >= 15 is 0 Å². The third kappa shape index (κ3) is 20.2. The van der Waals surface area contributed by atoms with Gasteiger partial charge in [-0.2, -0.15) is 0 Å². The molecule has 0 saturated heterocycles. The summed E-state index contributed by atoms with van der Waals surface area (Å²) in [6.07, 6.45) is 22.6. The van der Waals surface area contributed by atoms with E-state index in [1.54, 1.807) is 0 Å². The summed E-state index contributed by atoms with van der Waals surface area (Å²) in [6.45, 7) is 8.83. The van der Waals surface area contributed by atoms with Crippen molar-refractivity contribution in [3.05, 3.63) is 0 Å². The number of rotatable bonds is 25. The summed E-state index contributed by atoms with van der Waals surface area (Å²) in [6, 6.07) is 0. The molecule has 3 N–H and O–H groups in total. The van der Waals surface area contributed by atoms with Gasteiger partial charge in [0.2, 0.25) is 0 Å². The Hall–Kier alpha value is -0.160. The number of quaternary nitrogens is 1. The first-order valence-corrected chi connectivity index (χ1v) is 13.8. The highest BCUT2D eigenvalue weighted by Crippen LogP contribution is 2.18. The second kappa shape index (κ2) is 23.0. The molecule has 0 aromatic heterocycles. The molecule has 0 bridgehead atoms. The summed E-state index contributed by atoms with van der Waals surface area (Å²) < 4.78 is 1.01. The van der Waals surface area contributed by atoms with E-state index in [-0.39, 0.29) is 19.3 Å². The lowest BCUT2D eigenvalue weighted by atomic mass is 10.0. The zero-order valence-corrected chi connectivity index (χ0v) is 21.3. The fourth-order valence-corrected chi connectivity index (χ4v) is 4.85. The van der Waals surface area contributed by atoms with Crippen LogP contribution in [-0.4, -0.2) is 65.3 Å². The molecule has 31 heavy (non-hydrogen) atoms. The van der Waals surface area contributed by atoms with Crippen molar-refractivity contribution in [3.8, 4) is 0 Å². The minimum atomic E-state index is -0.237. The molecule has 0 aliphatic rings. The molecule has 0 radical (unpaired) electrons. The predicted octanol–water partition coefficient (Wildman–Crippen LogP) is 6.21. The molecule has 0 rings (SSSR count). The lowest BCUT2D eigenvalue weighted by Gasteiger charge is -2.39. The maximum absolute atomic E-state index is 9.62. The van der Waals surface area contributed by atoms with Crippen molar-refractivity contribution in [3.63, 3.8) is 0 Å². The molecule has 0 amide bonds. The molecule has 188 valence electrons. The van der Waals surface area contributed by atoms with Crippen LogP contribution in [-0.2, 0) is 0 Å². The van der Waals surface area contributed by atoms with Crippen molar-refractivity contribution in [2.24, 2.45) is 0 Å². The Morgan fingerprint density at radius 2 is 0.871 bits per heavy atom. The summed E-state index contributed by atoms with van der Waals surface area (Å²) in [5.74, 6) is 0. The van der Waals surface area contributed by atoms with Crippen LogP contribution in [0.4, 0.5) is 0 Å². The smallest absolute Gasteiger partial charge is 0.0808 e. The Balaban J connectivity index is 3.95. The molecular formula is C27H58NO3+. The Labute approximate surface area is 195 Å². The average Bonchev–Trinajstić information content (AvgIpc) is 2.76. The molecule has 4 nitrogen and oxygen atoms in total. The van der Waals surface area contributed by atoms with Crippen molar-refractivity contribution in [2.45, 2.75) is 136 Å². The van der Waals surface area contributed by atoms with Gasteiger partial charge in [-0.15, -0.1) is 0 Å². The Kier molecular flexibility index (Phi) is 22.9. The highest BCUT2D eigenvalue weighted by molar-refractivity contribution is 4.54. The van der Waals surface area contributed by atoms with Crippen LogP contribution in [0, 0.1) is 0 Å². The Morgan fingerprint density at radius 1 is 0.516 bits per heavy atom. The van der Waals surface area contributed by atoms with E-state index in [4.69, 9.17) is 0 Å². The van der Waals surface area contributed by atoms with Gasteiger partial charge in [0.25, 0.3) is 0 Å². The van der Waals surface area contributed by atoms with Gasteiger partial charge in [-0.25, -0.2) is 0 Å². The molecule has 0 fully saturated rings. The minimum absolute atomic E-state index is 0.237. The topological polar surface area (TPSA) is 60.7 Å². The van der Waals surface area contributed by atoms with Crippen molar-refractivity contribution in [1.82, 2.24) is 0 Å². The lowest BCUT2D eigenvalue weighted by molar-refractivity contribution is -0.929. The highest BCUT2D eigenvalue weighted by Gasteiger charge is 2.25. The molecular weight excluding hydrogens is 386 g/mol. The van der Waals surface area contributed by atoms with E-state index in [0.29, 0.717) is 0 Å². The summed E-state index contributed by atoms with van der Waals surface area (Å²) >= 11 is 0. The molecule has 0 aliphatic heterocycles. The van der Waals surface area contributed by atoms with Crippen LogP contribution in [0.15, 0.2) is 0 Å². The fourth-order valence-electron chi connectivity index (χ4n) is 4.85. The number of hydrogen-bond donors (Lipinski definition) is 3. The van der Waals surface area contributed by atoms with E-state index in [1.165, 1.54) is 89.9 Å². The predicted molar refractivity (Wildman–Crippen MR) is 134 cm³/mol. The molecule has 1 unspecified atom stereocenters. The van der Waals surface area contributed by atoms with Crippen molar-refractivity contribution >= 4 is 0 Å². The van der Waals surface area contributed by atoms with Gasteiger partial charge in [0.05, 0.1) is 32.3 Å². The number of nitrogens with zero attached hydrogens (tertiary/aromatic N) is 1. The van der Waals surface area contributed by atoms with E-state index in [0.717, 1.165) is 56.3 Å². The van der Waals surface area contributed by atoms with Gasteiger partial charge in [0.15, 0.2) is 0 Å². The maximum Gasteiger partial charge on any atom is 0.0808 e. The number of hydrogen-bond acceptors (Lipinski definition) is 3. The summed E-state index contributed by atoms with van der Waals surface area (Å²) in [5, 5.41) is 28.4. The van der Waals surface area contributed by atoms with Gasteiger partial charge >= 0.3 is 0 Å². The zero-order chi connectivity index (χ0) is 23.0. The van der Waals surface area contributed by atoms with Crippen LogP contribution in [0.1, 0.15) is 129 Å². The Morgan fingerprint density at radius 3 is 1.26 bits per heavy atom. The standard InChI is InChI=1S/C27H58NO3/c1-3-4-5-6-7-8-9-10-11-12-13-14-15-16-21-28(23-18-25-29,24-19-26-30)22-17-20-27(2)31/h27,29-31H,3-26H2,1-2H3/q+1. The van der Waals surface area contributed by atoms with E-state index in [2.05, 4.69) is 6.92 Å². The zero-order valence-electron chi connectivity index (χ0n) is 21.3. The molecule has 0 aromatic rings. The van der Waals surface area contributed by atoms with Crippen LogP contribution >= 0.6 is 0 Å². The van der Waals surface area contributed by atoms with Gasteiger partial charge in [-0.3, -0.25) is 0 Å². The monoisotopic (exact) mass is 444 g/mol. The van der Waals surface area contributed by atoms with E-state index in [9.17, 15) is 15.3 Å². The van der Waals surface area contributed by atoms with Crippen molar-refractivity contribution in [1.29, 1.82) is 0 Å². The van der Waals surface area contributed by atoms with Crippen molar-refractivity contribution < 1.29 is 19.8 Å². The van der Waals surface area contributed by atoms with Crippen LogP contribution in [0.5, 0.6) is 0 Å². The fraction of sp³-hybridized carbons (Fsp3) is 1.00. The Bertz CT molecular complexity index is 341. The SMILES string of the molecule is CCCCCCCCCCCCCCCC[N+](CCCO)(CCCO)CCCC(C)O. The van der Waals surface area contributed by atoms with E-state index in [1.807, 2.05) is 6.92 Å². The van der Waals surface area contributed by atoms with Crippen LogP contribution in [0.25, 0.3) is 0 Å². The first-order valence-electron chi connectivity index (χ1n) is 13.8. The summed E-state index contributed by atoms with van der Waals surface area (Å²) in [5.41, 5.74) is 0. The highest BCUT2D eigenvalue weighted by atomic mass is 16.3. The van der Waals surface area contributed by atoms with Gasteiger partial charge in [0, 0.05) is 26.1 Å². The first kappa shape index (κ1) is 30.8. The lowest BCUT2D eigenvalue weighted by Crippen LogP contribution is -2.51. The number of aliphatic hydroxyl groups is 3. The van der Waals surface area contributed by atoms with E-state index < -0.39 is 0 Å². The van der Waals surface area contributed by atoms with Crippen LogP contribution < -0.4 is 0 Å². The van der Waals surface area contributed by atoms with Crippen LogP contribution in [0.2, 0.25) is 0 Å². The molecule has 4 heteroatoms. The molecule has 1 atom stereocenters. The maximum atomic E-state index is 9.62. The summed E-state index contributed by atoms with van der Waals surface area (Å²) in [7, 11) is 0. The van der Waals surface area contributed by atoms with Gasteiger partial charge in [0.1, 0.15) is 0 Å². The number of unbranched alkanes of at least 4 members (excludes halogenated alkanes) is 13. The molecule has 0 aliphatic carbocycles. The number of aliphatic hydroxyl groups excluding tert-OH is 3. The third-order valence-electron chi connectivity index (χ3n) is 6.82. The second-order valence-electron chi connectivity index (χ2n) is 9.98. The molecule has 0 aromatic carbocycles. The van der Waals surface area contributed by atoms with Gasteiger partial charge in [-0.1, -0.05) is 84.0 Å². The van der Waals surface area contributed by atoms with Gasteiger partial charge < -0.3 is 19.8 Å². The van der Waals surface area contributed by atoms with Crippen LogP contribution in [0.3, 0.4) is 0 Å². The normalized spacial score (nSPS) is 13.1. The first-order chi connectivity index (χ1) is 15.1. The van der Waals surface area contributed by atoms with Crippen molar-refractivity contribution in [2.75, 3.05) is 39.4 Å². The second-order valence-corrected chi connectivity index (χ2v) is 9.98. The average molecular weight is 445 g/mol. The molecule has 0 saturated carbocycles. The molecule has 0 spiro atoms. The van der Waals surface area contributed by atoms with Gasteiger partial charge in [-0.05, 0) is 32.6 Å². The summed E-state index contributed by atoms with van der Waals surface area (Å²) in [4.78, 5) is 0. The largest absolute Gasteiger partial charge is 0.396 e. The third-order valence-corrected chi connectivity index (χ3v) is 6.82. The molecule has 0 heterocycles. The minimum Gasteiger partial charge on any atom is -0.396 e.